The van der Waals surface area contributed by atoms with E-state index in [0.29, 0.717) is 39.6 Å². The Hall–Kier alpha value is -0.880. The first-order valence-corrected chi connectivity index (χ1v) is 7.68. The summed E-state index contributed by atoms with van der Waals surface area (Å²) >= 11 is 0. The van der Waals surface area contributed by atoms with Crippen molar-refractivity contribution in [3.8, 4) is 0 Å². The summed E-state index contributed by atoms with van der Waals surface area (Å²) in [5.74, 6) is 0. The summed E-state index contributed by atoms with van der Waals surface area (Å²) in [4.78, 5) is 0. The highest BCUT2D eigenvalue weighted by atomic mass is 16.5. The highest BCUT2D eigenvalue weighted by Crippen LogP contribution is 1.91. The number of hydrogen-bond acceptors (Lipinski definition) is 5. The third-order valence-corrected chi connectivity index (χ3v) is 2.36. The molecule has 5 nitrogen and oxygen atoms in total. The van der Waals surface area contributed by atoms with Gasteiger partial charge >= 0.3 is 0 Å². The Labute approximate surface area is 128 Å². The first-order chi connectivity index (χ1) is 10.4. The van der Waals surface area contributed by atoms with Gasteiger partial charge in [0.15, 0.2) is 0 Å². The molecule has 21 heavy (non-hydrogen) atoms. The van der Waals surface area contributed by atoms with Crippen molar-refractivity contribution in [2.45, 2.75) is 26.7 Å². The smallest absolute Gasteiger partial charge is 0.0862 e. The molecular weight excluding hydrogens is 272 g/mol. The van der Waals surface area contributed by atoms with Gasteiger partial charge in [-0.15, -0.1) is 0 Å². The van der Waals surface area contributed by atoms with E-state index in [-0.39, 0.29) is 0 Å². The van der Waals surface area contributed by atoms with Crippen LogP contribution in [-0.2, 0) is 23.7 Å². The van der Waals surface area contributed by atoms with Crippen molar-refractivity contribution in [3.05, 3.63) is 24.7 Å². The lowest BCUT2D eigenvalue weighted by Crippen LogP contribution is -2.04. The molecule has 5 heteroatoms. The lowest BCUT2D eigenvalue weighted by Gasteiger charge is -2.02. The molecule has 0 aromatic heterocycles. The largest absolute Gasteiger partial charge is 0.473 e. The van der Waals surface area contributed by atoms with Crippen LogP contribution in [0.5, 0.6) is 0 Å². The molecule has 0 radical (unpaired) electrons. The average Bonchev–Trinajstić information content (AvgIpc) is 2.50. The maximum Gasteiger partial charge on any atom is 0.0862 e. The van der Waals surface area contributed by atoms with Crippen molar-refractivity contribution >= 4 is 0 Å². The van der Waals surface area contributed by atoms with Gasteiger partial charge in [0.1, 0.15) is 0 Å². The molecule has 0 heterocycles. The zero-order chi connectivity index (χ0) is 15.4. The van der Waals surface area contributed by atoms with Crippen LogP contribution >= 0.6 is 0 Å². The summed E-state index contributed by atoms with van der Waals surface area (Å²) in [7, 11) is 0. The van der Waals surface area contributed by atoms with E-state index in [1.807, 2.05) is 26.0 Å². The van der Waals surface area contributed by atoms with E-state index in [9.17, 15) is 0 Å². The minimum atomic E-state index is 0.645. The molecule has 0 aliphatic rings. The molecule has 0 amide bonds. The zero-order valence-corrected chi connectivity index (χ0v) is 13.4. The molecule has 0 atom stereocenters. The van der Waals surface area contributed by atoms with Crippen LogP contribution < -0.4 is 0 Å². The van der Waals surface area contributed by atoms with E-state index < -0.39 is 0 Å². The predicted molar refractivity (Wildman–Crippen MR) is 83.2 cm³/mol. The maximum absolute atomic E-state index is 5.36. The van der Waals surface area contributed by atoms with Crippen LogP contribution in [0.15, 0.2) is 24.7 Å². The van der Waals surface area contributed by atoms with Gasteiger partial charge in [0, 0.05) is 13.2 Å². The van der Waals surface area contributed by atoms with E-state index in [4.69, 9.17) is 23.7 Å². The summed E-state index contributed by atoms with van der Waals surface area (Å²) in [5, 5.41) is 0. The second-order valence-electron chi connectivity index (χ2n) is 4.08. The summed E-state index contributed by atoms with van der Waals surface area (Å²) in [6.07, 6.45) is 8.87. The normalized spacial score (nSPS) is 11.7. The third-order valence-electron chi connectivity index (χ3n) is 2.36. The van der Waals surface area contributed by atoms with Gasteiger partial charge in [0.25, 0.3) is 0 Å². The monoisotopic (exact) mass is 302 g/mol. The minimum Gasteiger partial charge on any atom is -0.473 e. The topological polar surface area (TPSA) is 46.2 Å². The van der Waals surface area contributed by atoms with Gasteiger partial charge in [-0.2, -0.15) is 0 Å². The molecule has 0 fully saturated rings. The van der Waals surface area contributed by atoms with Crippen molar-refractivity contribution in [3.63, 3.8) is 0 Å². The quantitative estimate of drug-likeness (QED) is 0.324. The summed E-state index contributed by atoms with van der Waals surface area (Å²) in [6.45, 7) is 9.40. The second-order valence-corrected chi connectivity index (χ2v) is 4.08. The Morgan fingerprint density at radius 2 is 1.00 bits per heavy atom. The summed E-state index contributed by atoms with van der Waals surface area (Å²) in [5.41, 5.74) is 0. The van der Waals surface area contributed by atoms with Gasteiger partial charge in [-0.3, -0.25) is 0 Å². The van der Waals surface area contributed by atoms with Crippen LogP contribution in [0.3, 0.4) is 0 Å². The summed E-state index contributed by atoms with van der Waals surface area (Å²) in [6, 6.07) is 0. The zero-order valence-electron chi connectivity index (χ0n) is 13.4. The molecule has 0 N–H and O–H groups in total. The van der Waals surface area contributed by atoms with Crippen molar-refractivity contribution in [1.29, 1.82) is 0 Å². The van der Waals surface area contributed by atoms with Crippen LogP contribution in [0.4, 0.5) is 0 Å². The van der Waals surface area contributed by atoms with E-state index in [1.54, 1.807) is 12.5 Å². The molecule has 0 aliphatic heterocycles. The van der Waals surface area contributed by atoms with Crippen LogP contribution in [0.1, 0.15) is 26.7 Å². The fraction of sp³-hybridized carbons (Fsp3) is 0.750. The fourth-order valence-corrected chi connectivity index (χ4v) is 1.32. The van der Waals surface area contributed by atoms with Crippen molar-refractivity contribution in [2.24, 2.45) is 0 Å². The van der Waals surface area contributed by atoms with E-state index in [2.05, 4.69) is 0 Å². The molecular formula is C16H30O5. The fourth-order valence-electron chi connectivity index (χ4n) is 1.32. The lowest BCUT2D eigenvalue weighted by atomic mass is 10.4. The SMILES string of the molecule is CCOCCOCCC=COC=CCCOCCOCC. The van der Waals surface area contributed by atoms with E-state index in [1.165, 1.54) is 0 Å². The molecule has 0 unspecified atom stereocenters. The Balaban J connectivity index is 3.14. The maximum atomic E-state index is 5.36. The molecule has 124 valence electrons. The van der Waals surface area contributed by atoms with Crippen LogP contribution in [-0.4, -0.2) is 52.9 Å². The van der Waals surface area contributed by atoms with Gasteiger partial charge in [-0.05, 0) is 38.8 Å². The highest BCUT2D eigenvalue weighted by Gasteiger charge is 1.87. The van der Waals surface area contributed by atoms with Crippen LogP contribution in [0.25, 0.3) is 0 Å². The predicted octanol–water partition coefficient (Wildman–Crippen LogP) is 2.92. The molecule has 0 aromatic rings. The first-order valence-electron chi connectivity index (χ1n) is 7.68. The molecule has 0 aromatic carbocycles. The van der Waals surface area contributed by atoms with Crippen LogP contribution in [0, 0.1) is 0 Å². The molecule has 0 rings (SSSR count). The van der Waals surface area contributed by atoms with Gasteiger partial charge in [-0.25, -0.2) is 0 Å². The molecule has 0 aliphatic carbocycles. The van der Waals surface area contributed by atoms with Crippen molar-refractivity contribution in [1.82, 2.24) is 0 Å². The highest BCUT2D eigenvalue weighted by molar-refractivity contribution is 4.79. The Morgan fingerprint density at radius 3 is 1.43 bits per heavy atom. The minimum absolute atomic E-state index is 0.645. The Morgan fingerprint density at radius 1 is 0.571 bits per heavy atom. The lowest BCUT2D eigenvalue weighted by molar-refractivity contribution is 0.0545. The number of rotatable bonds is 16. The number of hydrogen-bond donors (Lipinski definition) is 0. The third kappa shape index (κ3) is 19.1. The average molecular weight is 302 g/mol. The van der Waals surface area contributed by atoms with E-state index >= 15 is 0 Å². The Bertz CT molecular complexity index is 217. The first kappa shape index (κ1) is 20.1. The van der Waals surface area contributed by atoms with Crippen LogP contribution in [0.2, 0.25) is 0 Å². The molecule has 0 saturated heterocycles. The number of ether oxygens (including phenoxy) is 5. The van der Waals surface area contributed by atoms with Gasteiger partial charge < -0.3 is 23.7 Å². The van der Waals surface area contributed by atoms with Gasteiger partial charge in [0.2, 0.25) is 0 Å². The molecule has 0 saturated carbocycles. The molecule has 0 spiro atoms. The molecule has 0 bridgehead atoms. The van der Waals surface area contributed by atoms with E-state index in [0.717, 1.165) is 26.1 Å². The second kappa shape index (κ2) is 19.1. The Kier molecular flexibility index (Phi) is 18.3. The summed E-state index contributed by atoms with van der Waals surface area (Å²) < 4.78 is 26.2. The van der Waals surface area contributed by atoms with Gasteiger partial charge in [-0.1, -0.05) is 0 Å². The van der Waals surface area contributed by atoms with Gasteiger partial charge in [0.05, 0.1) is 52.2 Å². The van der Waals surface area contributed by atoms with Crippen molar-refractivity contribution < 1.29 is 23.7 Å². The van der Waals surface area contributed by atoms with Crippen molar-refractivity contribution in [2.75, 3.05) is 52.9 Å². The standard InChI is InChI=1S/C16H30O5/c1-3-17-13-15-20-11-7-5-9-19-10-6-8-12-21-16-14-18-4-2/h5-6,9-10H,3-4,7-8,11-16H2,1-2H3.